The fraction of sp³-hybridized carbons (Fsp3) is 0.474. The fourth-order valence-electron chi connectivity index (χ4n) is 3.35. The molecule has 2 aromatic rings. The molecule has 27 heavy (non-hydrogen) atoms. The third-order valence-electron chi connectivity index (χ3n) is 4.82. The van der Waals surface area contributed by atoms with Gasteiger partial charge in [0.25, 0.3) is 0 Å². The minimum atomic E-state index is -0.362. The minimum Gasteiger partial charge on any atom is -0.322 e. The first-order valence-electron chi connectivity index (χ1n) is 9.16. The number of carbonyl (C=O) groups is 2. The number of hydrogen-bond acceptors (Lipinski definition) is 5. The number of carbonyl (C=O) groups excluding carboxylic acids is 2. The highest BCUT2D eigenvalue weighted by Gasteiger charge is 2.27. The summed E-state index contributed by atoms with van der Waals surface area (Å²) in [5.74, 6) is 0.515. The maximum absolute atomic E-state index is 12.3. The molecule has 3 heterocycles. The van der Waals surface area contributed by atoms with Gasteiger partial charge >= 0.3 is 0 Å². The molecule has 1 fully saturated rings. The van der Waals surface area contributed by atoms with Crippen LogP contribution in [0, 0.1) is 20.8 Å². The van der Waals surface area contributed by atoms with E-state index < -0.39 is 0 Å². The minimum absolute atomic E-state index is 0.00506. The van der Waals surface area contributed by atoms with Gasteiger partial charge in [-0.05, 0) is 51.3 Å². The van der Waals surface area contributed by atoms with E-state index >= 15 is 0 Å². The maximum atomic E-state index is 12.3. The molecule has 0 saturated carbocycles. The number of anilines is 1. The Labute approximate surface area is 158 Å². The number of nitrogens with one attached hydrogen (secondary N) is 3. The van der Waals surface area contributed by atoms with E-state index in [-0.39, 0.29) is 24.1 Å². The third kappa shape index (κ3) is 4.33. The quantitative estimate of drug-likeness (QED) is 0.744. The molecule has 1 aliphatic rings. The molecule has 8 nitrogen and oxygen atoms in total. The third-order valence-corrected chi connectivity index (χ3v) is 4.82. The smallest absolute Gasteiger partial charge is 0.225 e. The Hall–Kier alpha value is -2.74. The number of amides is 2. The first-order valence-corrected chi connectivity index (χ1v) is 9.16. The van der Waals surface area contributed by atoms with Gasteiger partial charge in [0.05, 0.1) is 5.69 Å². The fourth-order valence-corrected chi connectivity index (χ4v) is 3.35. The molecule has 2 aromatic heterocycles. The molecule has 0 aromatic carbocycles. The zero-order valence-corrected chi connectivity index (χ0v) is 16.2. The van der Waals surface area contributed by atoms with Crippen LogP contribution in [0.4, 0.5) is 5.82 Å². The van der Waals surface area contributed by atoms with Crippen LogP contribution in [0.2, 0.25) is 0 Å². The predicted octanol–water partition coefficient (Wildman–Crippen LogP) is 1.73. The molecule has 0 radical (unpaired) electrons. The van der Waals surface area contributed by atoms with E-state index in [1.54, 1.807) is 10.9 Å². The van der Waals surface area contributed by atoms with Gasteiger partial charge in [-0.3, -0.25) is 14.9 Å². The molecule has 2 atom stereocenters. The van der Waals surface area contributed by atoms with Gasteiger partial charge in [-0.15, -0.1) is 0 Å². The summed E-state index contributed by atoms with van der Waals surface area (Å²) in [5.41, 5.74) is 3.77. The summed E-state index contributed by atoms with van der Waals surface area (Å²) >= 11 is 0. The van der Waals surface area contributed by atoms with Gasteiger partial charge in [0.2, 0.25) is 11.8 Å². The van der Waals surface area contributed by atoms with Gasteiger partial charge in [0.1, 0.15) is 5.82 Å². The molecule has 8 heteroatoms. The second-order valence-corrected chi connectivity index (χ2v) is 7.05. The Kier molecular flexibility index (Phi) is 5.55. The van der Waals surface area contributed by atoms with Crippen molar-refractivity contribution < 1.29 is 9.59 Å². The second-order valence-electron chi connectivity index (χ2n) is 7.05. The van der Waals surface area contributed by atoms with E-state index in [1.807, 2.05) is 39.8 Å². The van der Waals surface area contributed by atoms with E-state index in [4.69, 9.17) is 0 Å². The van der Waals surface area contributed by atoms with Crippen LogP contribution in [-0.4, -0.2) is 32.6 Å². The van der Waals surface area contributed by atoms with Crippen LogP contribution in [0.3, 0.4) is 0 Å². The van der Waals surface area contributed by atoms with Crippen molar-refractivity contribution in [2.24, 2.45) is 0 Å². The van der Waals surface area contributed by atoms with E-state index in [0.717, 1.165) is 22.5 Å². The molecule has 144 valence electrons. The normalized spacial score (nSPS) is 19.6. The molecular formula is C19H26N6O2. The lowest BCUT2D eigenvalue weighted by molar-refractivity contribution is -0.125. The lowest BCUT2D eigenvalue weighted by Gasteiger charge is -2.30. The molecule has 0 spiro atoms. The zero-order valence-electron chi connectivity index (χ0n) is 16.2. The van der Waals surface area contributed by atoms with Crippen molar-refractivity contribution in [1.82, 2.24) is 25.4 Å². The summed E-state index contributed by atoms with van der Waals surface area (Å²) < 4.78 is 1.79. The lowest BCUT2D eigenvalue weighted by atomic mass is 10.1. The molecule has 1 aliphatic heterocycles. The number of aromatic nitrogens is 3. The van der Waals surface area contributed by atoms with E-state index in [1.165, 1.54) is 0 Å². The summed E-state index contributed by atoms with van der Waals surface area (Å²) in [7, 11) is 0. The van der Waals surface area contributed by atoms with Crippen molar-refractivity contribution in [2.45, 2.75) is 59.3 Å². The standard InChI is InChI=1S/C19H26N6O2/c1-11-6-5-9-20-18(11)22-16(26)8-7-15-13(3)24-25(14(15)4)19-21-12(2)10-17(27)23-19/h5-6,9,12,19,21H,7-8,10H2,1-4H3,(H,23,27)(H,20,22,26). The van der Waals surface area contributed by atoms with Gasteiger partial charge in [-0.1, -0.05) is 6.07 Å². The highest BCUT2D eigenvalue weighted by Crippen LogP contribution is 2.20. The van der Waals surface area contributed by atoms with Crippen molar-refractivity contribution in [1.29, 1.82) is 0 Å². The van der Waals surface area contributed by atoms with E-state index in [2.05, 4.69) is 26.0 Å². The monoisotopic (exact) mass is 370 g/mol. The van der Waals surface area contributed by atoms with Crippen molar-refractivity contribution in [2.75, 3.05) is 5.32 Å². The average Bonchev–Trinajstić information content (AvgIpc) is 2.88. The maximum Gasteiger partial charge on any atom is 0.225 e. The van der Waals surface area contributed by atoms with Crippen LogP contribution >= 0.6 is 0 Å². The zero-order chi connectivity index (χ0) is 19.6. The number of nitrogens with zero attached hydrogens (tertiary/aromatic N) is 3. The Morgan fingerprint density at radius 2 is 2.15 bits per heavy atom. The molecule has 2 amide bonds. The Morgan fingerprint density at radius 3 is 2.85 bits per heavy atom. The number of rotatable bonds is 5. The Morgan fingerprint density at radius 1 is 1.37 bits per heavy atom. The summed E-state index contributed by atoms with van der Waals surface area (Å²) in [4.78, 5) is 28.3. The van der Waals surface area contributed by atoms with Gasteiger partial charge in [0.15, 0.2) is 6.29 Å². The van der Waals surface area contributed by atoms with Crippen LogP contribution < -0.4 is 16.0 Å². The molecule has 0 bridgehead atoms. The van der Waals surface area contributed by atoms with Gasteiger partial charge in [0, 0.05) is 30.8 Å². The van der Waals surface area contributed by atoms with E-state index in [0.29, 0.717) is 25.1 Å². The van der Waals surface area contributed by atoms with Gasteiger partial charge in [-0.2, -0.15) is 5.10 Å². The average molecular weight is 370 g/mol. The summed E-state index contributed by atoms with van der Waals surface area (Å²) in [6.07, 6.45) is 2.66. The molecule has 3 N–H and O–H groups in total. The van der Waals surface area contributed by atoms with Crippen molar-refractivity contribution in [3.05, 3.63) is 40.8 Å². The molecule has 0 aliphatic carbocycles. The summed E-state index contributed by atoms with van der Waals surface area (Å²) in [6, 6.07) is 3.84. The Bertz CT molecular complexity index is 860. The summed E-state index contributed by atoms with van der Waals surface area (Å²) in [6.45, 7) is 7.77. The van der Waals surface area contributed by atoms with E-state index in [9.17, 15) is 9.59 Å². The van der Waals surface area contributed by atoms with Crippen molar-refractivity contribution in [3.8, 4) is 0 Å². The molecular weight excluding hydrogens is 344 g/mol. The van der Waals surface area contributed by atoms with Crippen LogP contribution in [0.5, 0.6) is 0 Å². The summed E-state index contributed by atoms with van der Waals surface area (Å²) in [5, 5.41) is 13.7. The number of hydrogen-bond donors (Lipinski definition) is 3. The largest absolute Gasteiger partial charge is 0.322 e. The highest BCUT2D eigenvalue weighted by molar-refractivity contribution is 5.90. The first-order chi connectivity index (χ1) is 12.8. The first kappa shape index (κ1) is 19.0. The molecule has 2 unspecified atom stereocenters. The van der Waals surface area contributed by atoms with Crippen LogP contribution in [0.1, 0.15) is 48.6 Å². The highest BCUT2D eigenvalue weighted by atomic mass is 16.2. The van der Waals surface area contributed by atoms with Crippen molar-refractivity contribution >= 4 is 17.6 Å². The van der Waals surface area contributed by atoms with Crippen molar-refractivity contribution in [3.63, 3.8) is 0 Å². The molecule has 1 saturated heterocycles. The van der Waals surface area contributed by atoms with Crippen LogP contribution in [0.25, 0.3) is 0 Å². The second kappa shape index (κ2) is 7.87. The Balaban J connectivity index is 1.67. The van der Waals surface area contributed by atoms with Gasteiger partial charge in [-0.25, -0.2) is 9.67 Å². The SMILES string of the molecule is Cc1cccnc1NC(=O)CCc1c(C)nn(C2NC(=O)CC(C)N2)c1C. The molecule has 3 rings (SSSR count). The number of pyridine rings is 1. The van der Waals surface area contributed by atoms with Crippen LogP contribution in [0.15, 0.2) is 18.3 Å². The topological polar surface area (TPSA) is 101 Å². The lowest BCUT2D eigenvalue weighted by Crippen LogP contribution is -2.52. The predicted molar refractivity (Wildman–Crippen MR) is 102 cm³/mol. The number of aryl methyl sites for hydroxylation is 2. The van der Waals surface area contributed by atoms with Crippen LogP contribution in [-0.2, 0) is 16.0 Å². The van der Waals surface area contributed by atoms with Gasteiger partial charge < -0.3 is 10.6 Å².